The molecule has 1 atom stereocenters. The summed E-state index contributed by atoms with van der Waals surface area (Å²) in [6.07, 6.45) is 1.14. The van der Waals surface area contributed by atoms with Crippen molar-refractivity contribution in [2.45, 2.75) is 20.3 Å². The molecule has 0 saturated carbocycles. The summed E-state index contributed by atoms with van der Waals surface area (Å²) in [6.45, 7) is 4.33. The second-order valence-corrected chi connectivity index (χ2v) is 3.26. The highest BCUT2D eigenvalue weighted by Gasteiger charge is 2.17. The topological polar surface area (TPSA) is 0 Å². The van der Waals surface area contributed by atoms with E-state index in [4.69, 9.17) is 11.6 Å². The minimum absolute atomic E-state index is 0.307. The Balaban J connectivity index is 3.58. The number of hydrogen-bond donors (Lipinski definition) is 0. The van der Waals surface area contributed by atoms with E-state index in [1.54, 1.807) is 0 Å². The van der Waals surface area contributed by atoms with Gasteiger partial charge in [-0.15, -0.1) is 11.6 Å². The monoisotopic (exact) mass is 198 g/mol. The Morgan fingerprint density at radius 3 is 2.12 bits per heavy atom. The van der Waals surface area contributed by atoms with Gasteiger partial charge in [-0.2, -0.15) is 0 Å². The Morgan fingerprint density at radius 2 is 2.12 bits per heavy atom. The van der Waals surface area contributed by atoms with E-state index in [9.17, 15) is 0 Å². The average Bonchev–Trinajstić information content (AvgIpc) is 1.87. The van der Waals surface area contributed by atoms with E-state index in [2.05, 4.69) is 29.8 Å². The molecule has 50 valence electrons. The largest absolute Gasteiger partial charge is 0.126 e. The summed E-state index contributed by atoms with van der Waals surface area (Å²) in [4.78, 5) is 0. The summed E-state index contributed by atoms with van der Waals surface area (Å²) < 4.78 is 0. The Bertz CT molecular complexity index is 51.3. The van der Waals surface area contributed by atoms with Crippen LogP contribution in [0.1, 0.15) is 20.3 Å². The normalized spacial score (nSPS) is 18.0. The molecule has 0 amide bonds. The third kappa shape index (κ3) is 2.36. The van der Waals surface area contributed by atoms with Gasteiger partial charge < -0.3 is 0 Å². The molecule has 0 aromatic heterocycles. The molecular weight excluding hydrogens is 187 g/mol. The quantitative estimate of drug-likeness (QED) is 0.613. The van der Waals surface area contributed by atoms with E-state index in [0.717, 1.165) is 17.6 Å². The molecular formula is C6H12BrCl. The van der Waals surface area contributed by atoms with Gasteiger partial charge in [-0.1, -0.05) is 29.8 Å². The van der Waals surface area contributed by atoms with Crippen LogP contribution in [0.5, 0.6) is 0 Å². The Morgan fingerprint density at radius 1 is 1.62 bits per heavy atom. The molecule has 8 heavy (non-hydrogen) atoms. The molecule has 0 nitrogen and oxygen atoms in total. The zero-order valence-electron chi connectivity index (χ0n) is 5.38. The summed E-state index contributed by atoms with van der Waals surface area (Å²) in [5.41, 5.74) is 0.307. The van der Waals surface area contributed by atoms with Crippen LogP contribution in [0.25, 0.3) is 0 Å². The molecule has 0 heterocycles. The van der Waals surface area contributed by atoms with Gasteiger partial charge in [-0.25, -0.2) is 0 Å². The van der Waals surface area contributed by atoms with E-state index in [1.165, 1.54) is 0 Å². The fraction of sp³-hybridized carbons (Fsp3) is 1.00. The number of hydrogen-bond acceptors (Lipinski definition) is 0. The van der Waals surface area contributed by atoms with Crippen LogP contribution in [-0.2, 0) is 0 Å². The van der Waals surface area contributed by atoms with E-state index in [-0.39, 0.29) is 0 Å². The molecule has 0 aliphatic carbocycles. The molecule has 0 bridgehead atoms. The average molecular weight is 200 g/mol. The van der Waals surface area contributed by atoms with Crippen molar-refractivity contribution in [1.29, 1.82) is 0 Å². The van der Waals surface area contributed by atoms with Crippen LogP contribution in [0.15, 0.2) is 0 Å². The van der Waals surface area contributed by atoms with Gasteiger partial charge in [0.2, 0.25) is 0 Å². The molecule has 0 saturated heterocycles. The van der Waals surface area contributed by atoms with Crippen LogP contribution in [-0.4, -0.2) is 11.2 Å². The van der Waals surface area contributed by atoms with Crippen LogP contribution in [0.2, 0.25) is 0 Å². The first-order valence-electron chi connectivity index (χ1n) is 2.80. The van der Waals surface area contributed by atoms with Crippen LogP contribution < -0.4 is 0 Å². The van der Waals surface area contributed by atoms with Gasteiger partial charge >= 0.3 is 0 Å². The highest BCUT2D eigenvalue weighted by molar-refractivity contribution is 9.09. The standard InChI is InChI=1S/C6H12BrCl/c1-3-6(2,4-7)5-8/h3-5H2,1-2H3/t6-/m0/s1. The molecule has 2 heteroatoms. The predicted octanol–water partition coefficient (Wildman–Crippen LogP) is 3.04. The predicted molar refractivity (Wildman–Crippen MR) is 42.9 cm³/mol. The van der Waals surface area contributed by atoms with Gasteiger partial charge in [0.15, 0.2) is 0 Å². The second kappa shape index (κ2) is 3.73. The van der Waals surface area contributed by atoms with Gasteiger partial charge in [-0.3, -0.25) is 0 Å². The Labute approximate surface area is 64.7 Å². The van der Waals surface area contributed by atoms with Crippen LogP contribution in [0.3, 0.4) is 0 Å². The molecule has 0 fully saturated rings. The molecule has 0 aromatic carbocycles. The van der Waals surface area contributed by atoms with Crippen molar-refractivity contribution in [3.8, 4) is 0 Å². The zero-order valence-corrected chi connectivity index (χ0v) is 7.72. The summed E-state index contributed by atoms with van der Waals surface area (Å²) in [5.74, 6) is 0.745. The SMILES string of the molecule is CC[C@](C)(CCl)CBr. The first-order valence-corrected chi connectivity index (χ1v) is 4.46. The van der Waals surface area contributed by atoms with Crippen molar-refractivity contribution in [2.75, 3.05) is 11.2 Å². The maximum absolute atomic E-state index is 5.68. The van der Waals surface area contributed by atoms with E-state index >= 15 is 0 Å². The van der Waals surface area contributed by atoms with Gasteiger partial charge in [0.25, 0.3) is 0 Å². The second-order valence-electron chi connectivity index (χ2n) is 2.43. The highest BCUT2D eigenvalue weighted by atomic mass is 79.9. The van der Waals surface area contributed by atoms with Gasteiger partial charge in [0.05, 0.1) is 0 Å². The van der Waals surface area contributed by atoms with Gasteiger partial charge in [-0.05, 0) is 11.8 Å². The van der Waals surface area contributed by atoms with Crippen molar-refractivity contribution in [1.82, 2.24) is 0 Å². The fourth-order valence-electron chi connectivity index (χ4n) is 0.225. The lowest BCUT2D eigenvalue weighted by atomic mass is 9.93. The summed E-state index contributed by atoms with van der Waals surface area (Å²) in [5, 5.41) is 1.00. The van der Waals surface area contributed by atoms with Crippen molar-refractivity contribution in [3.63, 3.8) is 0 Å². The minimum atomic E-state index is 0.307. The Kier molecular flexibility index (Phi) is 4.09. The van der Waals surface area contributed by atoms with Crippen molar-refractivity contribution in [3.05, 3.63) is 0 Å². The van der Waals surface area contributed by atoms with Gasteiger partial charge in [0.1, 0.15) is 0 Å². The molecule has 0 spiro atoms. The van der Waals surface area contributed by atoms with E-state index in [1.807, 2.05) is 0 Å². The van der Waals surface area contributed by atoms with Crippen molar-refractivity contribution in [2.24, 2.45) is 5.41 Å². The smallest absolute Gasteiger partial charge is 0.0285 e. The lowest BCUT2D eigenvalue weighted by Crippen LogP contribution is -2.18. The molecule has 0 radical (unpaired) electrons. The first-order chi connectivity index (χ1) is 3.68. The zero-order chi connectivity index (χ0) is 6.62. The number of alkyl halides is 2. The minimum Gasteiger partial charge on any atom is -0.126 e. The summed E-state index contributed by atoms with van der Waals surface area (Å²) >= 11 is 9.09. The van der Waals surface area contributed by atoms with Crippen LogP contribution in [0.4, 0.5) is 0 Å². The third-order valence-corrected chi connectivity index (χ3v) is 3.50. The fourth-order valence-corrected chi connectivity index (χ4v) is 1.33. The number of rotatable bonds is 3. The number of halogens is 2. The molecule has 0 N–H and O–H groups in total. The van der Waals surface area contributed by atoms with E-state index in [0.29, 0.717) is 5.41 Å². The maximum atomic E-state index is 5.68. The molecule has 0 unspecified atom stereocenters. The highest BCUT2D eigenvalue weighted by Crippen LogP contribution is 2.24. The van der Waals surface area contributed by atoms with Crippen LogP contribution >= 0.6 is 27.5 Å². The lowest BCUT2D eigenvalue weighted by molar-refractivity contribution is 0.418. The molecule has 0 aromatic rings. The molecule has 0 rings (SSSR count). The van der Waals surface area contributed by atoms with Crippen molar-refractivity contribution < 1.29 is 0 Å². The molecule has 0 aliphatic rings. The third-order valence-electron chi connectivity index (χ3n) is 1.50. The van der Waals surface area contributed by atoms with Gasteiger partial charge in [0, 0.05) is 11.2 Å². The summed E-state index contributed by atoms with van der Waals surface area (Å²) in [7, 11) is 0. The Hall–Kier alpha value is 0.770. The van der Waals surface area contributed by atoms with E-state index < -0.39 is 0 Å². The first kappa shape index (κ1) is 8.77. The molecule has 0 aliphatic heterocycles. The summed E-state index contributed by atoms with van der Waals surface area (Å²) in [6, 6.07) is 0. The lowest BCUT2D eigenvalue weighted by Gasteiger charge is -2.21. The van der Waals surface area contributed by atoms with Crippen molar-refractivity contribution >= 4 is 27.5 Å². The maximum Gasteiger partial charge on any atom is 0.0285 e. The van der Waals surface area contributed by atoms with Crippen LogP contribution in [0, 0.1) is 5.41 Å².